The van der Waals surface area contributed by atoms with E-state index in [1.807, 2.05) is 172 Å². The number of hydrogen-bond acceptors (Lipinski definition) is 26. The first kappa shape index (κ1) is 90.6. The third kappa shape index (κ3) is 23.6. The zero-order valence-electron chi connectivity index (χ0n) is 74.2. The van der Waals surface area contributed by atoms with Gasteiger partial charge < -0.3 is 83.6 Å². The van der Waals surface area contributed by atoms with Crippen molar-refractivity contribution in [2.24, 2.45) is 0 Å². The summed E-state index contributed by atoms with van der Waals surface area (Å²) in [5.41, 5.74) is 11.5. The summed E-state index contributed by atoms with van der Waals surface area (Å²) in [5.74, 6) is 13.2. The van der Waals surface area contributed by atoms with Gasteiger partial charge in [0, 0.05) is 88.9 Å². The fourth-order valence-corrected chi connectivity index (χ4v) is 17.2. The number of nitrogens with one attached hydrogen (secondary N) is 9. The van der Waals surface area contributed by atoms with E-state index in [1.54, 1.807) is 48.5 Å². The van der Waals surface area contributed by atoms with E-state index in [4.69, 9.17) is 50.1 Å². The van der Waals surface area contributed by atoms with Crippen LogP contribution in [0.3, 0.4) is 0 Å². The third-order valence-electron chi connectivity index (χ3n) is 24.2. The van der Waals surface area contributed by atoms with Gasteiger partial charge in [-0.1, -0.05) is 146 Å². The molecule has 5 fully saturated rings. The number of fused-ring (bicyclic) bond motifs is 5. The van der Waals surface area contributed by atoms with Crippen LogP contribution in [0.4, 0.5) is 29.1 Å². The third-order valence-corrected chi connectivity index (χ3v) is 24.2. The largest absolute Gasteiger partial charge is 0.507 e. The molecule has 1 aliphatic carbocycles. The Labute approximate surface area is 763 Å². The molecule has 0 radical (unpaired) electrons. The van der Waals surface area contributed by atoms with Crippen LogP contribution >= 0.6 is 0 Å². The number of benzene rings is 10. The van der Waals surface area contributed by atoms with Gasteiger partial charge in [0.2, 0.25) is 0 Å². The summed E-state index contributed by atoms with van der Waals surface area (Å²) in [6.45, 7) is 11.9. The molecular weight excluding hydrogens is 1640 g/mol. The number of anilines is 5. The van der Waals surface area contributed by atoms with Gasteiger partial charge >= 0.3 is 0 Å². The Morgan fingerprint density at radius 2 is 0.656 bits per heavy atom. The maximum absolute atomic E-state index is 10.3. The van der Waals surface area contributed by atoms with E-state index in [0.717, 1.165) is 210 Å². The Kier molecular flexibility index (Phi) is 30.8. The smallest absolute Gasteiger partial charge is 0.165 e. The Morgan fingerprint density at radius 3 is 1.12 bits per heavy atom. The molecule has 131 heavy (non-hydrogen) atoms. The number of hydrogen-bond donors (Lipinski definition) is 16. The highest BCUT2D eigenvalue weighted by Gasteiger charge is 2.25. The number of rotatable bonds is 18. The normalized spacial score (nSPS) is 16.9. The van der Waals surface area contributed by atoms with Gasteiger partial charge in [-0.25, -0.2) is 49.8 Å². The van der Waals surface area contributed by atoms with E-state index < -0.39 is 0 Å². The van der Waals surface area contributed by atoms with Gasteiger partial charge in [-0.15, -0.1) is 0 Å². The molecule has 4 saturated heterocycles. The molecule has 0 bridgehead atoms. The summed E-state index contributed by atoms with van der Waals surface area (Å²) in [5, 5.41) is 106. The Hall–Kier alpha value is -13.8. The second kappa shape index (κ2) is 44.5. The predicted octanol–water partition coefficient (Wildman–Crippen LogP) is 17.7. The minimum Gasteiger partial charge on any atom is -0.507 e. The number of phenolic OH excluding ortho intramolecular Hbond substituents is 5. The predicted molar refractivity (Wildman–Crippen MR) is 525 cm³/mol. The van der Waals surface area contributed by atoms with E-state index in [1.165, 1.54) is 51.4 Å². The molecule has 0 amide bonds. The number of aromatic hydroxyl groups is 5. The fraction of sp³-hybridized carbons (Fsp3) is 0.314. The van der Waals surface area contributed by atoms with Crippen molar-refractivity contribution in [1.29, 1.82) is 0 Å². The molecule has 4 atom stereocenters. The molecule has 16 N–H and O–H groups in total. The van der Waals surface area contributed by atoms with Crippen LogP contribution in [0.25, 0.3) is 111 Å². The molecule has 20 rings (SSSR count). The van der Waals surface area contributed by atoms with Crippen LogP contribution in [0.1, 0.15) is 119 Å². The fourth-order valence-electron chi connectivity index (χ4n) is 17.2. The van der Waals surface area contributed by atoms with Crippen LogP contribution in [-0.4, -0.2) is 181 Å². The van der Waals surface area contributed by atoms with Crippen molar-refractivity contribution in [3.05, 3.63) is 241 Å². The Morgan fingerprint density at radius 1 is 0.305 bits per heavy atom. The maximum atomic E-state index is 10.3. The second-order valence-electron chi connectivity index (χ2n) is 34.1. The molecule has 0 spiro atoms. The lowest BCUT2D eigenvalue weighted by Crippen LogP contribution is -2.31. The molecule has 4 aliphatic heterocycles. The summed E-state index contributed by atoms with van der Waals surface area (Å²) < 4.78 is 0. The van der Waals surface area contributed by atoms with Crippen molar-refractivity contribution in [3.8, 4) is 97.5 Å². The number of nitrogens with zero attached hydrogens (tertiary/aromatic N) is 10. The number of phenols is 5. The van der Waals surface area contributed by atoms with Crippen molar-refractivity contribution in [1.82, 2.24) is 71.1 Å². The monoisotopic (exact) mass is 1750 g/mol. The quantitative estimate of drug-likeness (QED) is 0.0280. The summed E-state index contributed by atoms with van der Waals surface area (Å²) in [6, 6.07) is 70.2. The van der Waals surface area contributed by atoms with Crippen LogP contribution in [0.2, 0.25) is 0 Å². The number of aryl methyl sites for hydroxylation is 3. The van der Waals surface area contributed by atoms with E-state index in [0.29, 0.717) is 87.1 Å². The molecular formula is C105H115N19O7. The molecule has 10 aromatic carbocycles. The molecule has 26 nitrogen and oxygen atoms in total. The minimum atomic E-state index is -0.188. The number of aliphatic hydroxyl groups is 2. The molecule has 15 aromatic rings. The van der Waals surface area contributed by atoms with E-state index in [2.05, 4.69) is 81.8 Å². The highest BCUT2D eigenvalue weighted by atomic mass is 16.3. The maximum Gasteiger partial charge on any atom is 0.165 e. The van der Waals surface area contributed by atoms with Gasteiger partial charge in [0.1, 0.15) is 64.4 Å². The average molecular weight is 1760 g/mol. The van der Waals surface area contributed by atoms with Crippen LogP contribution in [0.5, 0.6) is 28.7 Å². The Balaban J connectivity index is 0.000000120. The van der Waals surface area contributed by atoms with Crippen molar-refractivity contribution in [2.45, 2.75) is 147 Å². The van der Waals surface area contributed by atoms with E-state index in [9.17, 15) is 25.5 Å². The molecule has 5 aliphatic rings. The van der Waals surface area contributed by atoms with Crippen LogP contribution in [0, 0.1) is 25.7 Å². The van der Waals surface area contributed by atoms with Gasteiger partial charge in [-0.3, -0.25) is 0 Å². The van der Waals surface area contributed by atoms with Gasteiger partial charge in [-0.05, 0) is 250 Å². The molecule has 2 unspecified atom stereocenters. The van der Waals surface area contributed by atoms with Crippen LogP contribution in [0.15, 0.2) is 218 Å². The van der Waals surface area contributed by atoms with Crippen molar-refractivity contribution in [3.63, 3.8) is 0 Å². The SMILES string of the molecule is Cc1ccc(O)c(-c2nc(NC3CCCCNC3)c3ccccc3n2)c1.Cc1ccc(O)c(-c2nc(NC3CCCNCC3)c3ccccc3n2)c1.OCC#Cc1ccc2c(N[C@H]3CCNC3)nc(-c3ccccc3O)nc2c1.OCCCc1ccc2c(N[C@H]3CCNC3)nc(-c3ccccc3O)nc2c1.Oc1ccccc1-c1nc(NC2CCCCCC2)c2ccccc2n1. The average Bonchev–Trinajstić information content (AvgIpc) is 1.10. The van der Waals surface area contributed by atoms with Gasteiger partial charge in [0.05, 0.1) is 55.4 Å². The van der Waals surface area contributed by atoms with E-state index >= 15 is 0 Å². The topological polar surface area (TPSA) is 379 Å². The molecule has 9 heterocycles. The first-order valence-electron chi connectivity index (χ1n) is 46.0. The summed E-state index contributed by atoms with van der Waals surface area (Å²) in [4.78, 5) is 47.2. The molecule has 1 saturated carbocycles. The van der Waals surface area contributed by atoms with Crippen molar-refractivity contribution < 1.29 is 35.7 Å². The second-order valence-corrected chi connectivity index (χ2v) is 34.1. The standard InChI is InChI=1S/C21H24N4O2.C21H20N4O2.2C21H24N4O.C21H23N3O/c2*26-11-3-4-14-7-8-16-18(12-14)24-21(17-5-1-2-6-19(17)27)25-20(16)23-15-9-10-22-13-15;1-14-9-10-19(26)17(12-14)21-24-18-8-3-2-7-16(18)20(25-21)23-15-6-4-5-11-22-13-15;1-14-8-9-19(26)17(13-14)21-24-18-7-3-2-6-16(18)20(25-21)23-15-5-4-11-22-12-10-15;25-19-14-8-6-12-17(19)21-23-18-13-7-5-11-16(18)20(24-21)22-15-9-3-1-2-4-10-15/h1-2,5-8,12,15,22,26-27H,3-4,9-11,13H2,(H,23,24,25);1-2,5-8,12,15,22,26-27H,9-11,13H2,(H,23,24,25);2-3,7-10,12,15,22,26H,4-6,11,13H2,1H3,(H,23,24,25);2-3,6-9,13,15,22,26H,4-5,10-12H2,1H3,(H,23,24,25);5-8,11-15,25H,1-4,9-10H2,(H,22,23,24)/t2*15-;;;/m00.../s1. The molecule has 26 heteroatoms. The number of aromatic nitrogens is 10. The van der Waals surface area contributed by atoms with Gasteiger partial charge in [-0.2, -0.15) is 0 Å². The lowest BCUT2D eigenvalue weighted by molar-refractivity contribution is 0.288. The lowest BCUT2D eigenvalue weighted by atomic mass is 10.1. The highest BCUT2D eigenvalue weighted by Crippen LogP contribution is 2.39. The van der Waals surface area contributed by atoms with Gasteiger partial charge in [0.25, 0.3) is 0 Å². The van der Waals surface area contributed by atoms with E-state index in [-0.39, 0.29) is 42.0 Å². The van der Waals surface area contributed by atoms with Crippen LogP contribution < -0.4 is 47.9 Å². The molecule has 672 valence electrons. The number of aliphatic hydroxyl groups excluding tert-OH is 2. The number of para-hydroxylation sites is 6. The first-order valence-corrected chi connectivity index (χ1v) is 46.0. The summed E-state index contributed by atoms with van der Waals surface area (Å²) in [7, 11) is 0. The minimum absolute atomic E-state index is 0.140. The zero-order valence-corrected chi connectivity index (χ0v) is 74.2. The molecule has 5 aromatic heterocycles. The van der Waals surface area contributed by atoms with Crippen LogP contribution in [-0.2, 0) is 6.42 Å². The lowest BCUT2D eigenvalue weighted by Gasteiger charge is -2.19. The Bertz CT molecular complexity index is 6320. The van der Waals surface area contributed by atoms with Gasteiger partial charge in [0.15, 0.2) is 29.1 Å². The highest BCUT2D eigenvalue weighted by molar-refractivity contribution is 5.96. The van der Waals surface area contributed by atoms with Crippen molar-refractivity contribution >= 4 is 83.6 Å². The zero-order chi connectivity index (χ0) is 90.2. The summed E-state index contributed by atoms with van der Waals surface area (Å²) >= 11 is 0. The first-order chi connectivity index (χ1) is 64.2. The summed E-state index contributed by atoms with van der Waals surface area (Å²) in [6.07, 6.45) is 18.1. The van der Waals surface area contributed by atoms with Crippen molar-refractivity contribution in [2.75, 3.05) is 92.2 Å².